The molecular weight excluding hydrogens is 440 g/mol. The second-order valence-corrected chi connectivity index (χ2v) is 6.89. The van der Waals surface area contributed by atoms with Crippen molar-refractivity contribution in [2.45, 2.75) is 6.54 Å². The van der Waals surface area contributed by atoms with Crippen LogP contribution in [0.2, 0.25) is 0 Å². The molecule has 0 fully saturated rings. The summed E-state index contributed by atoms with van der Waals surface area (Å²) < 4.78 is 15.2. The van der Waals surface area contributed by atoms with Crippen LogP contribution in [0.5, 0.6) is 0 Å². The maximum atomic E-state index is 14.5. The predicted molar refractivity (Wildman–Crippen MR) is 112 cm³/mol. The highest BCUT2D eigenvalue weighted by Gasteiger charge is 2.20. The van der Waals surface area contributed by atoms with Gasteiger partial charge in [-0.3, -0.25) is 4.79 Å². The van der Waals surface area contributed by atoms with Gasteiger partial charge in [-0.15, -0.1) is 0 Å². The van der Waals surface area contributed by atoms with E-state index in [0.717, 1.165) is 11.1 Å². The van der Waals surface area contributed by atoms with E-state index in [0.29, 0.717) is 15.8 Å². The summed E-state index contributed by atoms with van der Waals surface area (Å²) in [4.78, 5) is 14.4. The van der Waals surface area contributed by atoms with E-state index in [2.05, 4.69) is 22.6 Å². The number of benzene rings is 3. The Morgan fingerprint density at radius 2 is 1.58 bits per heavy atom. The molecule has 3 rings (SSSR count). The Morgan fingerprint density at radius 3 is 2.23 bits per heavy atom. The van der Waals surface area contributed by atoms with Crippen LogP contribution in [-0.2, 0) is 11.3 Å². The molecule has 0 unspecified atom stereocenters. The largest absolute Gasteiger partial charge is 0.301 e. The quantitative estimate of drug-likeness (QED) is 0.357. The zero-order chi connectivity index (χ0) is 18.4. The van der Waals surface area contributed by atoms with Gasteiger partial charge in [-0.05, 0) is 51.9 Å². The zero-order valence-electron chi connectivity index (χ0n) is 14.0. The summed E-state index contributed by atoms with van der Waals surface area (Å²) in [7, 11) is 0. The number of carbonyl (C=O) groups is 1. The van der Waals surface area contributed by atoms with Crippen molar-refractivity contribution in [3.63, 3.8) is 0 Å². The van der Waals surface area contributed by atoms with Crippen molar-refractivity contribution < 1.29 is 9.18 Å². The summed E-state index contributed by atoms with van der Waals surface area (Å²) in [5.74, 6) is -0.671. The molecular formula is C22H17FINO. The van der Waals surface area contributed by atoms with Crippen LogP contribution in [0.1, 0.15) is 11.1 Å². The van der Waals surface area contributed by atoms with E-state index in [-0.39, 0.29) is 5.91 Å². The smallest absolute Gasteiger partial charge is 0.251 e. The number of para-hydroxylation sites is 1. The Bertz CT molecular complexity index is 890. The Hall–Kier alpha value is -2.47. The summed E-state index contributed by atoms with van der Waals surface area (Å²) in [6.45, 7) is 0.301. The van der Waals surface area contributed by atoms with Crippen LogP contribution in [0.4, 0.5) is 10.1 Å². The summed E-state index contributed by atoms with van der Waals surface area (Å²) in [6, 6.07) is 24.0. The van der Waals surface area contributed by atoms with Crippen molar-refractivity contribution >= 4 is 40.3 Å². The molecule has 0 atom stereocenters. The Labute approximate surface area is 166 Å². The second kappa shape index (κ2) is 8.76. The number of halogens is 2. The third kappa shape index (κ3) is 4.58. The molecule has 0 aliphatic rings. The van der Waals surface area contributed by atoms with Crippen molar-refractivity contribution in [2.75, 3.05) is 4.90 Å². The molecule has 0 saturated heterocycles. The van der Waals surface area contributed by atoms with Gasteiger partial charge in [0.15, 0.2) is 0 Å². The standard InChI is InChI=1S/C22H17FINO/c23-19-12-7-13-20(24)22(19)25(16-18-10-5-2-6-11-18)21(26)15-14-17-8-3-1-4-9-17/h1-15H,16H2/b15-14+. The molecule has 0 N–H and O–H groups in total. The maximum Gasteiger partial charge on any atom is 0.251 e. The first kappa shape index (κ1) is 18.3. The minimum Gasteiger partial charge on any atom is -0.301 e. The predicted octanol–water partition coefficient (Wildman–Crippen LogP) is 5.68. The summed E-state index contributed by atoms with van der Waals surface area (Å²) in [5, 5.41) is 0. The number of hydrogen-bond donors (Lipinski definition) is 0. The molecule has 3 aromatic rings. The fourth-order valence-electron chi connectivity index (χ4n) is 2.60. The lowest BCUT2D eigenvalue weighted by Crippen LogP contribution is -2.30. The van der Waals surface area contributed by atoms with Gasteiger partial charge in [0.1, 0.15) is 5.82 Å². The van der Waals surface area contributed by atoms with E-state index in [1.165, 1.54) is 17.0 Å². The van der Waals surface area contributed by atoms with Gasteiger partial charge in [-0.1, -0.05) is 66.7 Å². The van der Waals surface area contributed by atoms with Crippen molar-refractivity contribution in [3.8, 4) is 0 Å². The maximum absolute atomic E-state index is 14.5. The molecule has 0 aliphatic heterocycles. The lowest BCUT2D eigenvalue weighted by atomic mass is 10.1. The topological polar surface area (TPSA) is 20.3 Å². The number of carbonyl (C=O) groups excluding carboxylic acids is 1. The molecule has 0 bridgehead atoms. The lowest BCUT2D eigenvalue weighted by molar-refractivity contribution is -0.114. The van der Waals surface area contributed by atoms with E-state index in [1.807, 2.05) is 60.7 Å². The first-order valence-electron chi connectivity index (χ1n) is 8.18. The number of rotatable bonds is 5. The van der Waals surface area contributed by atoms with Crippen molar-refractivity contribution in [1.29, 1.82) is 0 Å². The molecule has 4 heteroatoms. The normalized spacial score (nSPS) is 10.8. The Balaban J connectivity index is 1.94. The van der Waals surface area contributed by atoms with Crippen molar-refractivity contribution in [3.05, 3.63) is 105 Å². The van der Waals surface area contributed by atoms with Gasteiger partial charge in [0.05, 0.1) is 12.2 Å². The van der Waals surface area contributed by atoms with Gasteiger partial charge in [-0.2, -0.15) is 0 Å². The molecule has 0 spiro atoms. The van der Waals surface area contributed by atoms with E-state index in [9.17, 15) is 9.18 Å². The fraction of sp³-hybridized carbons (Fsp3) is 0.0455. The van der Waals surface area contributed by atoms with E-state index < -0.39 is 5.82 Å². The van der Waals surface area contributed by atoms with E-state index in [4.69, 9.17) is 0 Å². The number of nitrogens with zero attached hydrogens (tertiary/aromatic N) is 1. The third-order valence-corrected chi connectivity index (χ3v) is 4.75. The van der Waals surface area contributed by atoms with E-state index >= 15 is 0 Å². The average Bonchev–Trinajstić information content (AvgIpc) is 2.67. The average molecular weight is 457 g/mol. The SMILES string of the molecule is O=C(/C=C/c1ccccc1)N(Cc1ccccc1)c1c(F)cccc1I. The van der Waals surface area contributed by atoms with Crippen LogP contribution in [-0.4, -0.2) is 5.91 Å². The van der Waals surface area contributed by atoms with Crippen molar-refractivity contribution in [1.82, 2.24) is 0 Å². The zero-order valence-corrected chi connectivity index (χ0v) is 16.1. The van der Waals surface area contributed by atoms with Gasteiger partial charge in [0, 0.05) is 9.65 Å². The lowest BCUT2D eigenvalue weighted by Gasteiger charge is -2.23. The fourth-order valence-corrected chi connectivity index (χ4v) is 3.36. The molecule has 0 aromatic heterocycles. The van der Waals surface area contributed by atoms with Crippen molar-refractivity contribution in [2.24, 2.45) is 0 Å². The molecule has 0 aliphatic carbocycles. The molecule has 0 radical (unpaired) electrons. The summed E-state index contributed by atoms with van der Waals surface area (Å²) in [5.41, 5.74) is 2.16. The third-order valence-electron chi connectivity index (χ3n) is 3.87. The molecule has 1 amide bonds. The van der Waals surface area contributed by atoms with Crippen LogP contribution in [0.25, 0.3) is 6.08 Å². The van der Waals surface area contributed by atoms with Crippen LogP contribution in [0, 0.1) is 9.39 Å². The van der Waals surface area contributed by atoms with Crippen LogP contribution in [0.3, 0.4) is 0 Å². The molecule has 3 aromatic carbocycles. The van der Waals surface area contributed by atoms with Gasteiger partial charge < -0.3 is 4.90 Å². The number of anilines is 1. The van der Waals surface area contributed by atoms with Gasteiger partial charge in [0.2, 0.25) is 0 Å². The van der Waals surface area contributed by atoms with E-state index in [1.54, 1.807) is 18.2 Å². The number of amides is 1. The Morgan fingerprint density at radius 1 is 0.923 bits per heavy atom. The highest BCUT2D eigenvalue weighted by molar-refractivity contribution is 14.1. The van der Waals surface area contributed by atoms with Gasteiger partial charge in [0.25, 0.3) is 5.91 Å². The first-order valence-corrected chi connectivity index (χ1v) is 9.25. The van der Waals surface area contributed by atoms with Crippen LogP contribution >= 0.6 is 22.6 Å². The molecule has 2 nitrogen and oxygen atoms in total. The number of hydrogen-bond acceptors (Lipinski definition) is 1. The molecule has 0 saturated carbocycles. The van der Waals surface area contributed by atoms with Crippen LogP contribution < -0.4 is 4.90 Å². The minimum atomic E-state index is -0.408. The molecule has 130 valence electrons. The van der Waals surface area contributed by atoms with Crippen LogP contribution in [0.15, 0.2) is 84.9 Å². The van der Waals surface area contributed by atoms with Gasteiger partial charge >= 0.3 is 0 Å². The first-order chi connectivity index (χ1) is 12.6. The molecule has 0 heterocycles. The van der Waals surface area contributed by atoms with Gasteiger partial charge in [-0.25, -0.2) is 4.39 Å². The second-order valence-electron chi connectivity index (χ2n) is 5.72. The minimum absolute atomic E-state index is 0.263. The summed E-state index contributed by atoms with van der Waals surface area (Å²) in [6.07, 6.45) is 3.23. The Kier molecular flexibility index (Phi) is 6.17. The molecule has 26 heavy (non-hydrogen) atoms. The summed E-state index contributed by atoms with van der Waals surface area (Å²) >= 11 is 2.06. The highest BCUT2D eigenvalue weighted by atomic mass is 127. The monoisotopic (exact) mass is 457 g/mol. The highest BCUT2D eigenvalue weighted by Crippen LogP contribution is 2.28.